The molecule has 0 saturated heterocycles. The predicted octanol–water partition coefficient (Wildman–Crippen LogP) is 4.81. The number of aromatic amines is 1. The molecule has 4 rings (SSSR count). The number of H-pyrrole nitrogens is 1. The lowest BCUT2D eigenvalue weighted by Crippen LogP contribution is -2.28. The number of nitrogens with one attached hydrogen (secondary N) is 2. The minimum Gasteiger partial charge on any atom is -0.358 e. The SMILES string of the molecule is O=C(Nc1ccccc1Br)C1CCc2[nH]c3ccc(F)cc3c2C1. The zero-order chi connectivity index (χ0) is 16.7. The van der Waals surface area contributed by atoms with Gasteiger partial charge in [-0.1, -0.05) is 12.1 Å². The highest BCUT2D eigenvalue weighted by molar-refractivity contribution is 9.10. The molecular weight excluding hydrogens is 371 g/mol. The van der Waals surface area contributed by atoms with Crippen molar-refractivity contribution in [2.24, 2.45) is 5.92 Å². The normalized spacial score (nSPS) is 16.8. The Kier molecular flexibility index (Phi) is 3.88. The second-order valence-electron chi connectivity index (χ2n) is 6.18. The number of hydrogen-bond acceptors (Lipinski definition) is 1. The molecule has 3 aromatic rings. The largest absolute Gasteiger partial charge is 0.358 e. The molecule has 0 spiro atoms. The van der Waals surface area contributed by atoms with Gasteiger partial charge in [-0.15, -0.1) is 0 Å². The van der Waals surface area contributed by atoms with E-state index < -0.39 is 0 Å². The highest BCUT2D eigenvalue weighted by atomic mass is 79.9. The number of halogens is 2. The fraction of sp³-hybridized carbons (Fsp3) is 0.211. The van der Waals surface area contributed by atoms with Crippen molar-refractivity contribution >= 4 is 38.4 Å². The van der Waals surface area contributed by atoms with Gasteiger partial charge < -0.3 is 10.3 Å². The van der Waals surface area contributed by atoms with E-state index in [0.29, 0.717) is 6.42 Å². The Morgan fingerprint density at radius 2 is 2.08 bits per heavy atom. The van der Waals surface area contributed by atoms with E-state index >= 15 is 0 Å². The number of rotatable bonds is 2. The molecule has 0 saturated carbocycles. The number of anilines is 1. The summed E-state index contributed by atoms with van der Waals surface area (Å²) in [7, 11) is 0. The van der Waals surface area contributed by atoms with Gasteiger partial charge in [0.2, 0.25) is 5.91 Å². The number of fused-ring (bicyclic) bond motifs is 3. The molecule has 122 valence electrons. The number of aromatic nitrogens is 1. The zero-order valence-electron chi connectivity index (χ0n) is 12.9. The average molecular weight is 387 g/mol. The predicted molar refractivity (Wildman–Crippen MR) is 96.5 cm³/mol. The molecule has 3 nitrogen and oxygen atoms in total. The lowest BCUT2D eigenvalue weighted by atomic mass is 9.85. The number of hydrogen-bond donors (Lipinski definition) is 2. The molecule has 1 aliphatic rings. The Morgan fingerprint density at radius 1 is 1.25 bits per heavy atom. The topological polar surface area (TPSA) is 44.9 Å². The lowest BCUT2D eigenvalue weighted by molar-refractivity contribution is -0.120. The van der Waals surface area contributed by atoms with Crippen molar-refractivity contribution in [2.75, 3.05) is 5.32 Å². The first-order valence-corrected chi connectivity index (χ1v) is 8.75. The Labute approximate surface area is 147 Å². The Bertz CT molecular complexity index is 934. The smallest absolute Gasteiger partial charge is 0.227 e. The zero-order valence-corrected chi connectivity index (χ0v) is 14.5. The second-order valence-corrected chi connectivity index (χ2v) is 7.04. The molecule has 1 amide bonds. The maximum atomic E-state index is 13.6. The molecular formula is C19H16BrFN2O. The van der Waals surface area contributed by atoms with Gasteiger partial charge >= 0.3 is 0 Å². The number of amides is 1. The third-order valence-corrected chi connectivity index (χ3v) is 5.34. The van der Waals surface area contributed by atoms with Crippen LogP contribution in [-0.4, -0.2) is 10.9 Å². The third kappa shape index (κ3) is 2.73. The van der Waals surface area contributed by atoms with E-state index in [4.69, 9.17) is 0 Å². The lowest BCUT2D eigenvalue weighted by Gasteiger charge is -2.22. The summed E-state index contributed by atoms with van der Waals surface area (Å²) in [5.41, 5.74) is 3.91. The summed E-state index contributed by atoms with van der Waals surface area (Å²) in [6.07, 6.45) is 2.23. The van der Waals surface area contributed by atoms with Crippen molar-refractivity contribution < 1.29 is 9.18 Å². The van der Waals surface area contributed by atoms with E-state index in [0.717, 1.165) is 45.2 Å². The number of para-hydroxylation sites is 1. The first-order valence-electron chi connectivity index (χ1n) is 7.96. The van der Waals surface area contributed by atoms with Crippen LogP contribution >= 0.6 is 15.9 Å². The molecule has 5 heteroatoms. The summed E-state index contributed by atoms with van der Waals surface area (Å²) in [6.45, 7) is 0. The molecule has 2 N–H and O–H groups in total. The highest BCUT2D eigenvalue weighted by Crippen LogP contribution is 2.33. The maximum absolute atomic E-state index is 13.6. The number of carbonyl (C=O) groups excluding carboxylic acids is 1. The minimum atomic E-state index is -0.246. The molecule has 0 bridgehead atoms. The van der Waals surface area contributed by atoms with Gasteiger partial charge in [-0.3, -0.25) is 4.79 Å². The van der Waals surface area contributed by atoms with Crippen LogP contribution in [-0.2, 0) is 17.6 Å². The summed E-state index contributed by atoms with van der Waals surface area (Å²) >= 11 is 3.45. The van der Waals surface area contributed by atoms with Gasteiger partial charge in [0.05, 0.1) is 5.69 Å². The summed E-state index contributed by atoms with van der Waals surface area (Å²) in [4.78, 5) is 16.0. The summed E-state index contributed by atoms with van der Waals surface area (Å²) < 4.78 is 14.4. The Balaban J connectivity index is 1.59. The molecule has 24 heavy (non-hydrogen) atoms. The van der Waals surface area contributed by atoms with E-state index in [-0.39, 0.29) is 17.6 Å². The third-order valence-electron chi connectivity index (χ3n) is 4.65. The van der Waals surface area contributed by atoms with Crippen molar-refractivity contribution in [3.63, 3.8) is 0 Å². The molecule has 0 aliphatic heterocycles. The van der Waals surface area contributed by atoms with Crippen molar-refractivity contribution in [1.29, 1.82) is 0 Å². The molecule has 1 heterocycles. The summed E-state index contributed by atoms with van der Waals surface area (Å²) in [5, 5.41) is 3.88. The molecule has 1 unspecified atom stereocenters. The molecule has 1 aliphatic carbocycles. The number of carbonyl (C=O) groups is 1. The molecule has 1 atom stereocenters. The van der Waals surface area contributed by atoms with Gasteiger partial charge in [-0.25, -0.2) is 4.39 Å². The fourth-order valence-corrected chi connectivity index (χ4v) is 3.79. The Morgan fingerprint density at radius 3 is 2.92 bits per heavy atom. The molecule has 2 aromatic carbocycles. The van der Waals surface area contributed by atoms with Crippen molar-refractivity contribution in [3.8, 4) is 0 Å². The van der Waals surface area contributed by atoms with Gasteiger partial charge in [0.25, 0.3) is 0 Å². The average Bonchev–Trinajstić information content (AvgIpc) is 2.94. The van der Waals surface area contributed by atoms with Crippen LogP contribution in [0.3, 0.4) is 0 Å². The maximum Gasteiger partial charge on any atom is 0.227 e. The fourth-order valence-electron chi connectivity index (χ4n) is 3.41. The Hall–Kier alpha value is -2.14. The minimum absolute atomic E-state index is 0.0123. The van der Waals surface area contributed by atoms with Crippen LogP contribution in [0.25, 0.3) is 10.9 Å². The van der Waals surface area contributed by atoms with Gasteiger partial charge in [0.1, 0.15) is 5.82 Å². The first-order chi connectivity index (χ1) is 11.6. The summed E-state index contributed by atoms with van der Waals surface area (Å²) in [6, 6.07) is 12.3. The van der Waals surface area contributed by atoms with Gasteiger partial charge in [0, 0.05) is 27.0 Å². The van der Waals surface area contributed by atoms with Gasteiger partial charge in [-0.05, 0) is 71.1 Å². The van der Waals surface area contributed by atoms with Crippen LogP contribution in [0, 0.1) is 11.7 Å². The van der Waals surface area contributed by atoms with Crippen LogP contribution in [0.1, 0.15) is 17.7 Å². The van der Waals surface area contributed by atoms with Gasteiger partial charge in [-0.2, -0.15) is 0 Å². The molecule has 0 radical (unpaired) electrons. The van der Waals surface area contributed by atoms with E-state index in [2.05, 4.69) is 26.2 Å². The molecule has 1 aromatic heterocycles. The van der Waals surface area contributed by atoms with Crippen LogP contribution in [0.2, 0.25) is 0 Å². The quantitative estimate of drug-likeness (QED) is 0.651. The van der Waals surface area contributed by atoms with Crippen LogP contribution in [0.5, 0.6) is 0 Å². The van der Waals surface area contributed by atoms with E-state index in [1.54, 1.807) is 12.1 Å². The summed E-state index contributed by atoms with van der Waals surface area (Å²) in [5.74, 6) is -0.339. The van der Waals surface area contributed by atoms with E-state index in [1.807, 2.05) is 24.3 Å². The highest BCUT2D eigenvalue weighted by Gasteiger charge is 2.27. The van der Waals surface area contributed by atoms with Crippen LogP contribution in [0.15, 0.2) is 46.9 Å². The monoisotopic (exact) mass is 386 g/mol. The first kappa shape index (κ1) is 15.4. The van der Waals surface area contributed by atoms with Gasteiger partial charge in [0.15, 0.2) is 0 Å². The van der Waals surface area contributed by atoms with Crippen molar-refractivity contribution in [1.82, 2.24) is 4.98 Å². The van der Waals surface area contributed by atoms with Crippen molar-refractivity contribution in [3.05, 3.63) is 64.0 Å². The number of aryl methyl sites for hydroxylation is 1. The van der Waals surface area contributed by atoms with Crippen LogP contribution in [0.4, 0.5) is 10.1 Å². The van der Waals surface area contributed by atoms with E-state index in [1.165, 1.54) is 6.07 Å². The van der Waals surface area contributed by atoms with E-state index in [9.17, 15) is 9.18 Å². The molecule has 0 fully saturated rings. The van der Waals surface area contributed by atoms with Crippen molar-refractivity contribution in [2.45, 2.75) is 19.3 Å². The van der Waals surface area contributed by atoms with Crippen LogP contribution < -0.4 is 5.32 Å². The second kappa shape index (κ2) is 6.06. The number of benzene rings is 2. The standard InChI is InChI=1S/C19H16BrFN2O/c20-15-3-1-2-4-18(15)23-19(24)11-5-7-16-13(9-11)14-10-12(21)6-8-17(14)22-16/h1-4,6,8,10-11,22H,5,7,9H2,(H,23,24).